The van der Waals surface area contributed by atoms with Crippen LogP contribution in [0.4, 0.5) is 5.95 Å². The molecule has 3 N–H and O–H groups in total. The molecular weight excluding hydrogens is 456 g/mol. The summed E-state index contributed by atoms with van der Waals surface area (Å²) in [6, 6.07) is -0.370. The molecule has 0 amide bonds. The van der Waals surface area contributed by atoms with E-state index in [9.17, 15) is 14.7 Å². The molecule has 2 atom stereocenters. The zero-order valence-corrected chi connectivity index (χ0v) is 21.4. The Morgan fingerprint density at radius 2 is 2.09 bits per heavy atom. The number of fused-ring (bicyclic) bond motifs is 1. The van der Waals surface area contributed by atoms with Gasteiger partial charge in [-0.25, -0.2) is 14.5 Å². The highest BCUT2D eigenvalue weighted by Gasteiger charge is 2.31. The highest BCUT2D eigenvalue weighted by Crippen LogP contribution is 2.21. The average molecular weight is 493 g/mol. The Morgan fingerprint density at radius 3 is 2.74 bits per heavy atom. The van der Waals surface area contributed by atoms with Crippen LogP contribution in [0.25, 0.3) is 11.0 Å². The molecule has 0 spiro atoms. The van der Waals surface area contributed by atoms with E-state index in [1.807, 2.05) is 0 Å². The zero-order chi connectivity index (χ0) is 26.0. The molecule has 2 aromatic heterocycles. The largest absolute Gasteiger partial charge is 0.443 e. The maximum Gasteiger partial charge on any atom is 0.312 e. The van der Waals surface area contributed by atoms with Gasteiger partial charge in [0.2, 0.25) is 5.95 Å². The van der Waals surface area contributed by atoms with Crippen molar-refractivity contribution in [1.29, 1.82) is 0 Å². The molecule has 3 heterocycles. The summed E-state index contributed by atoms with van der Waals surface area (Å²) in [4.78, 5) is 39.1. The Hall–Kier alpha value is -2.80. The average Bonchev–Trinajstić information content (AvgIpc) is 3.11. The van der Waals surface area contributed by atoms with Gasteiger partial charge < -0.3 is 34.5 Å². The van der Waals surface area contributed by atoms with E-state index in [0.717, 1.165) is 0 Å². The van der Waals surface area contributed by atoms with Crippen molar-refractivity contribution in [2.24, 2.45) is 10.4 Å². The minimum Gasteiger partial charge on any atom is -0.443 e. The molecule has 0 unspecified atom stereocenters. The first-order valence-corrected chi connectivity index (χ1v) is 11.5. The van der Waals surface area contributed by atoms with Crippen molar-refractivity contribution in [3.05, 3.63) is 22.1 Å². The summed E-state index contributed by atoms with van der Waals surface area (Å²) in [5.74, 6) is -1.12. The number of aromatic amines is 1. The SMILES string of the molecule is CN(C)/C=N/c1nc2c(CN[C@@H]3COC(C)(C)OC[C@H]3O)c[nH]c2c(=O)n1COC(=O)C(C)(C)C. The second kappa shape index (κ2) is 10.4. The number of hydrogen-bond acceptors (Lipinski definition) is 9. The van der Waals surface area contributed by atoms with Crippen LogP contribution in [-0.4, -0.2) is 82.1 Å². The molecule has 194 valence electrons. The Labute approximate surface area is 204 Å². The maximum atomic E-state index is 13.3. The standard InChI is InChI=1S/C23H36N6O6/c1-22(2,3)20(32)33-13-29-19(31)18-17(27-21(29)26-12-28(6)7)14(9-25-18)8-24-15-10-34-23(4,5)35-11-16(15)30/h9,12,15-16,24-25,30H,8,10-11,13H2,1-7H3/b26-12+/t15-,16-/m1/s1. The van der Waals surface area contributed by atoms with Gasteiger partial charge in [0.15, 0.2) is 12.5 Å². The van der Waals surface area contributed by atoms with E-state index in [1.165, 1.54) is 10.9 Å². The predicted molar refractivity (Wildman–Crippen MR) is 130 cm³/mol. The van der Waals surface area contributed by atoms with E-state index in [1.54, 1.807) is 59.8 Å². The van der Waals surface area contributed by atoms with Crippen LogP contribution in [0.3, 0.4) is 0 Å². The van der Waals surface area contributed by atoms with Crippen LogP contribution in [0.5, 0.6) is 0 Å². The first-order chi connectivity index (χ1) is 16.3. The fourth-order valence-corrected chi connectivity index (χ4v) is 3.27. The third kappa shape index (κ3) is 6.66. The van der Waals surface area contributed by atoms with Crippen LogP contribution >= 0.6 is 0 Å². The normalized spacial score (nSPS) is 20.8. The Bertz CT molecular complexity index is 1130. The van der Waals surface area contributed by atoms with Gasteiger partial charge in [-0.3, -0.25) is 9.59 Å². The lowest BCUT2D eigenvalue weighted by Gasteiger charge is -2.23. The van der Waals surface area contributed by atoms with E-state index >= 15 is 0 Å². The second-order valence-corrected chi connectivity index (χ2v) is 10.3. The summed E-state index contributed by atoms with van der Waals surface area (Å²) in [5.41, 5.74) is 0.286. The molecule has 0 bridgehead atoms. The van der Waals surface area contributed by atoms with Gasteiger partial charge >= 0.3 is 5.97 Å². The van der Waals surface area contributed by atoms with Gasteiger partial charge in [-0.2, -0.15) is 0 Å². The summed E-state index contributed by atoms with van der Waals surface area (Å²) < 4.78 is 17.9. The van der Waals surface area contributed by atoms with Crippen molar-refractivity contribution < 1.29 is 24.1 Å². The van der Waals surface area contributed by atoms with Gasteiger partial charge in [-0.15, -0.1) is 0 Å². The number of esters is 1. The lowest BCUT2D eigenvalue weighted by Crippen LogP contribution is -2.43. The highest BCUT2D eigenvalue weighted by molar-refractivity contribution is 5.79. The van der Waals surface area contributed by atoms with Crippen LogP contribution in [0.15, 0.2) is 16.0 Å². The van der Waals surface area contributed by atoms with E-state index in [4.69, 9.17) is 14.2 Å². The van der Waals surface area contributed by atoms with Crippen LogP contribution < -0.4 is 10.9 Å². The van der Waals surface area contributed by atoms with E-state index in [0.29, 0.717) is 17.6 Å². The zero-order valence-electron chi connectivity index (χ0n) is 21.4. The van der Waals surface area contributed by atoms with Gasteiger partial charge in [0.1, 0.15) is 11.0 Å². The van der Waals surface area contributed by atoms with Crippen LogP contribution in [0.1, 0.15) is 40.2 Å². The van der Waals surface area contributed by atoms with Crippen molar-refractivity contribution in [2.45, 2.75) is 65.8 Å². The molecule has 1 saturated heterocycles. The second-order valence-electron chi connectivity index (χ2n) is 10.3. The lowest BCUT2D eigenvalue weighted by atomic mass is 9.98. The molecular formula is C23H36N6O6. The molecule has 0 aromatic carbocycles. The first-order valence-electron chi connectivity index (χ1n) is 11.5. The van der Waals surface area contributed by atoms with Gasteiger partial charge in [0.25, 0.3) is 5.56 Å². The number of carbonyl (C=O) groups is 1. The first kappa shape index (κ1) is 26.8. The molecule has 1 aliphatic heterocycles. The summed E-state index contributed by atoms with van der Waals surface area (Å²) in [6.45, 7) is 9.20. The van der Waals surface area contributed by atoms with Gasteiger partial charge in [-0.1, -0.05) is 0 Å². The maximum absolute atomic E-state index is 13.3. The number of nitrogens with one attached hydrogen (secondary N) is 2. The Balaban J connectivity index is 1.89. The molecule has 2 aromatic rings. The molecule has 1 fully saturated rings. The molecule has 0 aliphatic carbocycles. The number of aliphatic imine (C=N–C) groups is 1. The van der Waals surface area contributed by atoms with Crippen molar-refractivity contribution in [3.8, 4) is 0 Å². The lowest BCUT2D eigenvalue weighted by molar-refractivity contribution is -0.203. The van der Waals surface area contributed by atoms with Crippen LogP contribution in [-0.2, 0) is 32.3 Å². The Kier molecular flexibility index (Phi) is 8.00. The predicted octanol–water partition coefficient (Wildman–Crippen LogP) is 1.09. The van der Waals surface area contributed by atoms with Crippen molar-refractivity contribution in [2.75, 3.05) is 27.3 Å². The number of aliphatic hydroxyl groups excluding tert-OH is 1. The molecule has 12 nitrogen and oxygen atoms in total. The third-order valence-corrected chi connectivity index (χ3v) is 5.42. The molecule has 1 aliphatic rings. The van der Waals surface area contributed by atoms with E-state index < -0.39 is 28.8 Å². The fraction of sp³-hybridized carbons (Fsp3) is 0.652. The quantitative estimate of drug-likeness (QED) is 0.294. The number of aromatic nitrogens is 3. The van der Waals surface area contributed by atoms with Crippen molar-refractivity contribution in [1.82, 2.24) is 24.8 Å². The smallest absolute Gasteiger partial charge is 0.312 e. The number of hydrogen-bond donors (Lipinski definition) is 3. The minimum atomic E-state index is -0.777. The summed E-state index contributed by atoms with van der Waals surface area (Å²) >= 11 is 0. The van der Waals surface area contributed by atoms with E-state index in [-0.39, 0.29) is 37.5 Å². The number of nitrogens with zero attached hydrogens (tertiary/aromatic N) is 4. The summed E-state index contributed by atoms with van der Waals surface area (Å²) in [5, 5.41) is 13.7. The van der Waals surface area contributed by atoms with Crippen LogP contribution in [0, 0.1) is 5.41 Å². The third-order valence-electron chi connectivity index (χ3n) is 5.42. The van der Waals surface area contributed by atoms with E-state index in [2.05, 4.69) is 20.3 Å². The highest BCUT2D eigenvalue weighted by atomic mass is 16.7. The number of aliphatic hydroxyl groups is 1. The molecule has 12 heteroatoms. The van der Waals surface area contributed by atoms with Crippen molar-refractivity contribution in [3.63, 3.8) is 0 Å². The van der Waals surface area contributed by atoms with Crippen molar-refractivity contribution >= 4 is 29.3 Å². The number of ether oxygens (including phenoxy) is 3. The molecule has 3 rings (SSSR count). The topological polar surface area (TPSA) is 143 Å². The number of rotatable bonds is 7. The number of carbonyl (C=O) groups excluding carboxylic acids is 1. The van der Waals surface area contributed by atoms with Gasteiger partial charge in [0.05, 0.1) is 37.1 Å². The molecule has 0 radical (unpaired) electrons. The van der Waals surface area contributed by atoms with Crippen LogP contribution in [0.2, 0.25) is 0 Å². The summed E-state index contributed by atoms with van der Waals surface area (Å²) in [7, 11) is 3.59. The molecule has 35 heavy (non-hydrogen) atoms. The minimum absolute atomic E-state index is 0.103. The number of H-pyrrole nitrogens is 1. The summed E-state index contributed by atoms with van der Waals surface area (Å²) in [6.07, 6.45) is 2.44. The monoisotopic (exact) mass is 492 g/mol. The fourth-order valence-electron chi connectivity index (χ4n) is 3.27. The van der Waals surface area contributed by atoms with Gasteiger partial charge in [0, 0.05) is 32.4 Å². The van der Waals surface area contributed by atoms with Gasteiger partial charge in [-0.05, 0) is 34.6 Å². The Morgan fingerprint density at radius 1 is 1.40 bits per heavy atom. The molecule has 0 saturated carbocycles.